The van der Waals surface area contributed by atoms with Gasteiger partial charge in [-0.3, -0.25) is 0 Å². The maximum Gasteiger partial charge on any atom is 0.205 e. The minimum Gasteiger partial charge on any atom is -0.357 e. The molecule has 0 unspecified atom stereocenters. The maximum absolute atomic E-state index is 4.85. The predicted octanol–water partition coefficient (Wildman–Crippen LogP) is 3.08. The molecule has 0 spiro atoms. The molecule has 1 N–H and O–H groups in total. The van der Waals surface area contributed by atoms with Crippen molar-refractivity contribution in [2.45, 2.75) is 40.7 Å². The zero-order valence-corrected chi connectivity index (χ0v) is 20.3. The van der Waals surface area contributed by atoms with Gasteiger partial charge >= 0.3 is 0 Å². The van der Waals surface area contributed by atoms with Crippen LogP contribution in [0.4, 0.5) is 5.13 Å². The number of aryl methyl sites for hydroxylation is 3. The predicted molar refractivity (Wildman–Crippen MR) is 125 cm³/mol. The first-order valence-electron chi connectivity index (χ1n) is 9.14. The average Bonchev–Trinajstić information content (AvgIpc) is 3.25. The molecule has 150 valence electrons. The Bertz CT molecular complexity index is 750. The van der Waals surface area contributed by atoms with Crippen LogP contribution in [0, 0.1) is 13.8 Å². The number of nitrogens with zero attached hydrogens (tertiary/aromatic N) is 6. The highest BCUT2D eigenvalue weighted by Crippen LogP contribution is 2.20. The van der Waals surface area contributed by atoms with Crippen molar-refractivity contribution in [3.63, 3.8) is 0 Å². The Labute approximate surface area is 186 Å². The lowest BCUT2D eigenvalue weighted by atomic mass is 10.3. The summed E-state index contributed by atoms with van der Waals surface area (Å²) in [5, 5.41) is 5.58. The van der Waals surface area contributed by atoms with Gasteiger partial charge in [0.05, 0.1) is 17.2 Å². The zero-order valence-electron chi connectivity index (χ0n) is 16.4. The normalized spacial score (nSPS) is 15.0. The van der Waals surface area contributed by atoms with Crippen LogP contribution < -0.4 is 10.2 Å². The quantitative estimate of drug-likeness (QED) is 0.371. The molecule has 0 aliphatic carbocycles. The summed E-state index contributed by atoms with van der Waals surface area (Å²) in [5.74, 6) is 1.93. The van der Waals surface area contributed by atoms with E-state index >= 15 is 0 Å². The summed E-state index contributed by atoms with van der Waals surface area (Å²) in [6.45, 7) is 13.6. The topological polar surface area (TPSA) is 69.5 Å². The molecule has 0 aromatic carbocycles. The van der Waals surface area contributed by atoms with E-state index in [1.54, 1.807) is 11.3 Å². The van der Waals surface area contributed by atoms with Gasteiger partial charge in [-0.05, 0) is 20.8 Å². The van der Waals surface area contributed by atoms with Crippen molar-refractivity contribution in [3.8, 4) is 0 Å². The molecule has 0 amide bonds. The summed E-state index contributed by atoms with van der Waals surface area (Å²) in [4.78, 5) is 19.9. The summed E-state index contributed by atoms with van der Waals surface area (Å²) in [7, 11) is 0. The molecule has 1 saturated heterocycles. The Hall–Kier alpha value is -1.01. The van der Waals surface area contributed by atoms with Crippen molar-refractivity contribution in [2.24, 2.45) is 4.99 Å². The highest BCUT2D eigenvalue weighted by atomic mass is 127. The SMILES string of the molecule is CCNC(=NCc1sc(C)nc1C)N1CCN(c2nc(CC)ns2)CC1.I. The molecule has 0 bridgehead atoms. The summed E-state index contributed by atoms with van der Waals surface area (Å²) in [5.41, 5.74) is 1.10. The van der Waals surface area contributed by atoms with Crippen LogP contribution in [0.1, 0.15) is 35.3 Å². The molecular formula is C17H28IN7S2. The largest absolute Gasteiger partial charge is 0.357 e. The minimum absolute atomic E-state index is 0. The number of rotatable bonds is 5. The smallest absolute Gasteiger partial charge is 0.205 e. The molecule has 3 heterocycles. The van der Waals surface area contributed by atoms with Gasteiger partial charge in [0, 0.05) is 55.6 Å². The standard InChI is InChI=1S/C17H27N7S2.HI/c1-5-15-21-17(26-22-15)24-9-7-23(8-10-24)16(18-6-2)19-11-14-12(3)20-13(4)25-14;/h5-11H2,1-4H3,(H,18,19);1H. The number of guanidine groups is 1. The second-order valence-corrected chi connectivity index (χ2v) is 8.25. The van der Waals surface area contributed by atoms with Crippen LogP contribution in [0.15, 0.2) is 4.99 Å². The molecule has 1 fully saturated rings. The van der Waals surface area contributed by atoms with Gasteiger partial charge in [0.2, 0.25) is 5.13 Å². The minimum atomic E-state index is 0. The maximum atomic E-state index is 4.85. The van der Waals surface area contributed by atoms with Gasteiger partial charge in [0.1, 0.15) is 5.82 Å². The number of nitrogens with one attached hydrogen (secondary N) is 1. The lowest BCUT2D eigenvalue weighted by Gasteiger charge is -2.36. The number of aliphatic imine (C=N–C) groups is 1. The molecule has 27 heavy (non-hydrogen) atoms. The van der Waals surface area contributed by atoms with Crippen molar-refractivity contribution in [1.82, 2.24) is 24.6 Å². The first-order chi connectivity index (χ1) is 12.6. The first-order valence-corrected chi connectivity index (χ1v) is 10.7. The molecule has 0 radical (unpaired) electrons. The fraction of sp³-hybridized carbons (Fsp3) is 0.647. The van der Waals surface area contributed by atoms with Gasteiger partial charge in [-0.1, -0.05) is 6.92 Å². The first kappa shape index (κ1) is 22.3. The molecular weight excluding hydrogens is 493 g/mol. The van der Waals surface area contributed by atoms with E-state index in [1.807, 2.05) is 6.92 Å². The number of aromatic nitrogens is 3. The fourth-order valence-electron chi connectivity index (χ4n) is 2.92. The van der Waals surface area contributed by atoms with Crippen LogP contribution in [0.5, 0.6) is 0 Å². The van der Waals surface area contributed by atoms with Gasteiger partial charge in [0.15, 0.2) is 5.96 Å². The van der Waals surface area contributed by atoms with Crippen LogP contribution in [0.25, 0.3) is 0 Å². The number of thiazole rings is 1. The Balaban J connectivity index is 0.00000261. The van der Waals surface area contributed by atoms with Crippen molar-refractivity contribution in [1.29, 1.82) is 0 Å². The monoisotopic (exact) mass is 521 g/mol. The zero-order chi connectivity index (χ0) is 18.5. The van der Waals surface area contributed by atoms with E-state index in [0.29, 0.717) is 6.54 Å². The van der Waals surface area contributed by atoms with Crippen LogP contribution >= 0.6 is 46.8 Å². The number of hydrogen-bond donors (Lipinski definition) is 1. The Morgan fingerprint density at radius 2 is 1.89 bits per heavy atom. The Morgan fingerprint density at radius 1 is 1.15 bits per heavy atom. The summed E-state index contributed by atoms with van der Waals surface area (Å²) >= 11 is 3.24. The van der Waals surface area contributed by atoms with E-state index in [9.17, 15) is 0 Å². The third-order valence-corrected chi connectivity index (χ3v) is 6.20. The number of hydrogen-bond acceptors (Lipinski definition) is 7. The summed E-state index contributed by atoms with van der Waals surface area (Å²) in [6, 6.07) is 0. The van der Waals surface area contributed by atoms with Crippen molar-refractivity contribution in [2.75, 3.05) is 37.6 Å². The summed E-state index contributed by atoms with van der Waals surface area (Å²) < 4.78 is 4.40. The molecule has 2 aromatic rings. The second-order valence-electron chi connectivity index (χ2n) is 6.23. The average molecular weight is 521 g/mol. The number of anilines is 1. The number of piperazine rings is 1. The van der Waals surface area contributed by atoms with Crippen LogP contribution in [-0.2, 0) is 13.0 Å². The van der Waals surface area contributed by atoms with E-state index in [2.05, 4.69) is 50.2 Å². The van der Waals surface area contributed by atoms with E-state index in [4.69, 9.17) is 4.99 Å². The fourth-order valence-corrected chi connectivity index (χ4v) is 4.58. The molecule has 1 aliphatic rings. The highest BCUT2D eigenvalue weighted by Gasteiger charge is 2.22. The number of halogens is 1. The second kappa shape index (κ2) is 10.5. The molecule has 3 rings (SSSR count). The Morgan fingerprint density at radius 3 is 2.44 bits per heavy atom. The lowest BCUT2D eigenvalue weighted by molar-refractivity contribution is 0.372. The van der Waals surface area contributed by atoms with Crippen molar-refractivity contribution < 1.29 is 0 Å². The van der Waals surface area contributed by atoms with Gasteiger partial charge in [-0.15, -0.1) is 35.3 Å². The van der Waals surface area contributed by atoms with E-state index < -0.39 is 0 Å². The van der Waals surface area contributed by atoms with Gasteiger partial charge in [0.25, 0.3) is 0 Å². The Kier molecular flexibility index (Phi) is 8.67. The molecule has 0 atom stereocenters. The third kappa shape index (κ3) is 5.74. The van der Waals surface area contributed by atoms with E-state index in [1.165, 1.54) is 16.4 Å². The van der Waals surface area contributed by atoms with Gasteiger partial charge < -0.3 is 15.1 Å². The molecule has 7 nitrogen and oxygen atoms in total. The molecule has 0 saturated carbocycles. The van der Waals surface area contributed by atoms with Crippen molar-refractivity contribution in [3.05, 3.63) is 21.4 Å². The van der Waals surface area contributed by atoms with E-state index in [-0.39, 0.29) is 24.0 Å². The van der Waals surface area contributed by atoms with Crippen LogP contribution in [0.3, 0.4) is 0 Å². The van der Waals surface area contributed by atoms with Crippen LogP contribution in [0.2, 0.25) is 0 Å². The summed E-state index contributed by atoms with van der Waals surface area (Å²) in [6.07, 6.45) is 0.893. The highest BCUT2D eigenvalue weighted by molar-refractivity contribution is 14.0. The molecule has 2 aromatic heterocycles. The van der Waals surface area contributed by atoms with Gasteiger partial charge in [-0.25, -0.2) is 15.0 Å². The molecule has 1 aliphatic heterocycles. The van der Waals surface area contributed by atoms with Crippen molar-refractivity contribution >= 4 is 57.9 Å². The lowest BCUT2D eigenvalue weighted by Crippen LogP contribution is -2.52. The van der Waals surface area contributed by atoms with Gasteiger partial charge in [-0.2, -0.15) is 4.37 Å². The van der Waals surface area contributed by atoms with Crippen LogP contribution in [-0.4, -0.2) is 57.9 Å². The third-order valence-electron chi connectivity index (χ3n) is 4.33. The molecule has 10 heteroatoms. The van der Waals surface area contributed by atoms with E-state index in [0.717, 1.165) is 66.8 Å².